The Kier molecular flexibility index (Phi) is 2.72. The van der Waals surface area contributed by atoms with Gasteiger partial charge in [0.1, 0.15) is 0 Å². The largest absolute Gasteiger partial charge is 0.320 e. The Labute approximate surface area is 115 Å². The van der Waals surface area contributed by atoms with E-state index in [1.807, 2.05) is 0 Å². The van der Waals surface area contributed by atoms with Crippen LogP contribution >= 0.6 is 0 Å². The van der Waals surface area contributed by atoms with Gasteiger partial charge in [-0.25, -0.2) is 13.6 Å². The summed E-state index contributed by atoms with van der Waals surface area (Å²) in [5.41, 5.74) is -1.28. The highest BCUT2D eigenvalue weighted by molar-refractivity contribution is 5.94. The molecular formula is C15H14F2N2O. The number of hydrogen-bond acceptors (Lipinski definition) is 1. The van der Waals surface area contributed by atoms with Crippen LogP contribution in [0.3, 0.4) is 0 Å². The summed E-state index contributed by atoms with van der Waals surface area (Å²) in [6.45, 7) is 0.789. The van der Waals surface area contributed by atoms with Gasteiger partial charge in [-0.3, -0.25) is 0 Å². The fourth-order valence-corrected chi connectivity index (χ4v) is 2.30. The molecule has 0 spiro atoms. The molecule has 1 fully saturated rings. The number of carbonyl (C=O) groups excluding carboxylic acids is 1. The number of rotatable bonds is 1. The molecule has 1 heterocycles. The summed E-state index contributed by atoms with van der Waals surface area (Å²) in [5, 5.41) is 4.87. The van der Waals surface area contributed by atoms with Gasteiger partial charge in [-0.15, -0.1) is 0 Å². The first-order valence-corrected chi connectivity index (χ1v) is 6.51. The van der Waals surface area contributed by atoms with Gasteiger partial charge in [-0.1, -0.05) is 30.0 Å². The van der Waals surface area contributed by atoms with Crippen molar-refractivity contribution in [1.29, 1.82) is 0 Å². The fourth-order valence-electron chi connectivity index (χ4n) is 2.30. The second-order valence-corrected chi connectivity index (χ2v) is 5.31. The number of fused-ring (bicyclic) bond motifs is 1. The van der Waals surface area contributed by atoms with Crippen LogP contribution in [0.2, 0.25) is 0 Å². The Morgan fingerprint density at radius 2 is 2.05 bits per heavy atom. The maximum atomic E-state index is 14.2. The first kappa shape index (κ1) is 12.9. The van der Waals surface area contributed by atoms with Crippen LogP contribution < -0.4 is 10.6 Å². The monoisotopic (exact) mass is 276 g/mol. The summed E-state index contributed by atoms with van der Waals surface area (Å²) in [4.78, 5) is 11.7. The number of nitrogens with one attached hydrogen (secondary N) is 2. The van der Waals surface area contributed by atoms with E-state index < -0.39 is 17.5 Å². The molecule has 104 valence electrons. The zero-order chi connectivity index (χ0) is 14.4. The Bertz CT molecular complexity index is 623. The van der Waals surface area contributed by atoms with Crippen molar-refractivity contribution in [3.05, 3.63) is 29.8 Å². The van der Waals surface area contributed by atoms with Gasteiger partial charge in [0, 0.05) is 24.1 Å². The van der Waals surface area contributed by atoms with Crippen LogP contribution in [0.25, 0.3) is 0 Å². The summed E-state index contributed by atoms with van der Waals surface area (Å²) in [6, 6.07) is 5.87. The molecule has 1 atom stereocenters. The van der Waals surface area contributed by atoms with Crippen LogP contribution in [0.1, 0.15) is 25.3 Å². The molecule has 0 saturated heterocycles. The Morgan fingerprint density at radius 3 is 2.70 bits per heavy atom. The highest BCUT2D eigenvalue weighted by Gasteiger charge is 2.54. The molecule has 0 radical (unpaired) electrons. The van der Waals surface area contributed by atoms with Crippen LogP contribution in [-0.4, -0.2) is 12.0 Å². The average Bonchev–Trinajstić information content (AvgIpc) is 3.18. The number of benzene rings is 1. The molecule has 0 aromatic heterocycles. The standard InChI is InChI=1S/C15H14F2N2O/c1-14(16,17)15(9-8-10-6-7-10)11-4-2-3-5-12(11)18-13(20)19-15/h2-5,10H,6-7H2,1H3,(H2,18,19,20). The third-order valence-electron chi connectivity index (χ3n) is 3.58. The van der Waals surface area contributed by atoms with Gasteiger partial charge >= 0.3 is 6.03 Å². The van der Waals surface area contributed by atoms with E-state index in [0.717, 1.165) is 19.8 Å². The minimum atomic E-state index is -3.19. The normalized spacial score (nSPS) is 24.9. The number of halogens is 2. The predicted octanol–water partition coefficient (Wildman–Crippen LogP) is 3.09. The number of urea groups is 1. The molecule has 20 heavy (non-hydrogen) atoms. The van der Waals surface area contributed by atoms with Crippen LogP contribution in [0.5, 0.6) is 0 Å². The summed E-state index contributed by atoms with van der Waals surface area (Å²) in [5.74, 6) is 2.50. The maximum Gasteiger partial charge on any atom is 0.320 e. The lowest BCUT2D eigenvalue weighted by Gasteiger charge is -2.39. The van der Waals surface area contributed by atoms with E-state index >= 15 is 0 Å². The summed E-state index contributed by atoms with van der Waals surface area (Å²) < 4.78 is 28.5. The number of carbonyl (C=O) groups is 1. The van der Waals surface area contributed by atoms with Crippen molar-refractivity contribution in [3.63, 3.8) is 0 Å². The minimum absolute atomic E-state index is 0.174. The molecule has 2 N–H and O–H groups in total. The van der Waals surface area contributed by atoms with E-state index in [1.54, 1.807) is 24.3 Å². The smallest absolute Gasteiger partial charge is 0.312 e. The second-order valence-electron chi connectivity index (χ2n) is 5.31. The molecule has 0 bridgehead atoms. The van der Waals surface area contributed by atoms with E-state index in [1.165, 1.54) is 0 Å². The highest BCUT2D eigenvalue weighted by Crippen LogP contribution is 2.43. The van der Waals surface area contributed by atoms with Gasteiger partial charge in [0.2, 0.25) is 0 Å². The molecule has 1 saturated carbocycles. The molecule has 1 unspecified atom stereocenters. The van der Waals surface area contributed by atoms with Crippen LogP contribution in [0, 0.1) is 17.8 Å². The van der Waals surface area contributed by atoms with E-state index in [9.17, 15) is 13.6 Å². The van der Waals surface area contributed by atoms with Crippen molar-refractivity contribution >= 4 is 11.7 Å². The number of amides is 2. The lowest BCUT2D eigenvalue weighted by Crippen LogP contribution is -2.59. The van der Waals surface area contributed by atoms with Crippen molar-refractivity contribution < 1.29 is 13.6 Å². The number of anilines is 1. The lowest BCUT2D eigenvalue weighted by molar-refractivity contribution is -0.0464. The first-order valence-electron chi connectivity index (χ1n) is 6.51. The molecule has 5 heteroatoms. The Balaban J connectivity index is 2.19. The molecular weight excluding hydrogens is 262 g/mol. The van der Waals surface area contributed by atoms with Gasteiger partial charge in [-0.05, 0) is 18.9 Å². The van der Waals surface area contributed by atoms with Gasteiger partial charge < -0.3 is 10.6 Å². The quantitative estimate of drug-likeness (QED) is 0.760. The zero-order valence-electron chi connectivity index (χ0n) is 11.0. The van der Waals surface area contributed by atoms with Crippen LogP contribution in [0.15, 0.2) is 24.3 Å². The van der Waals surface area contributed by atoms with Gasteiger partial charge in [0.05, 0.1) is 0 Å². The minimum Gasteiger partial charge on any atom is -0.312 e. The topological polar surface area (TPSA) is 41.1 Å². The molecule has 2 aliphatic rings. The van der Waals surface area contributed by atoms with Crippen molar-refractivity contribution in [1.82, 2.24) is 5.32 Å². The molecule has 1 aromatic carbocycles. The van der Waals surface area contributed by atoms with Crippen LogP contribution in [0.4, 0.5) is 19.3 Å². The first-order chi connectivity index (χ1) is 9.42. The van der Waals surface area contributed by atoms with Crippen molar-refractivity contribution in [2.24, 2.45) is 5.92 Å². The average molecular weight is 276 g/mol. The Morgan fingerprint density at radius 1 is 1.35 bits per heavy atom. The van der Waals surface area contributed by atoms with Gasteiger partial charge in [0.25, 0.3) is 5.92 Å². The highest BCUT2D eigenvalue weighted by atomic mass is 19.3. The lowest BCUT2D eigenvalue weighted by atomic mass is 9.82. The molecule has 1 aromatic rings. The Hall–Kier alpha value is -2.09. The molecule has 2 amide bonds. The van der Waals surface area contributed by atoms with E-state index in [4.69, 9.17) is 0 Å². The van der Waals surface area contributed by atoms with Crippen molar-refractivity contribution in [2.45, 2.75) is 31.2 Å². The molecule has 1 aliphatic heterocycles. The molecule has 3 nitrogen and oxygen atoms in total. The zero-order valence-corrected chi connectivity index (χ0v) is 11.0. The fraction of sp³-hybridized carbons (Fsp3) is 0.400. The maximum absolute atomic E-state index is 14.2. The van der Waals surface area contributed by atoms with Crippen LogP contribution in [-0.2, 0) is 5.54 Å². The summed E-state index contributed by atoms with van der Waals surface area (Å²) in [6.07, 6.45) is 1.87. The SMILES string of the molecule is CC(F)(F)C1(C#CC2CC2)NC(=O)Nc2ccccc21. The van der Waals surface area contributed by atoms with E-state index in [-0.39, 0.29) is 5.92 Å². The molecule has 1 aliphatic carbocycles. The van der Waals surface area contributed by atoms with Gasteiger partial charge in [-0.2, -0.15) is 0 Å². The van der Waals surface area contributed by atoms with Crippen molar-refractivity contribution in [2.75, 3.05) is 5.32 Å². The second kappa shape index (κ2) is 4.20. The van der Waals surface area contributed by atoms with E-state index in [0.29, 0.717) is 11.3 Å². The van der Waals surface area contributed by atoms with E-state index in [2.05, 4.69) is 22.5 Å². The number of para-hydroxylation sites is 1. The van der Waals surface area contributed by atoms with Gasteiger partial charge in [0.15, 0.2) is 5.54 Å². The third kappa shape index (κ3) is 2.01. The predicted molar refractivity (Wildman–Crippen MR) is 71.4 cm³/mol. The molecule has 3 rings (SSSR count). The third-order valence-corrected chi connectivity index (χ3v) is 3.58. The summed E-state index contributed by atoms with van der Waals surface area (Å²) >= 11 is 0. The number of alkyl halides is 2. The number of hydrogen-bond donors (Lipinski definition) is 2. The summed E-state index contributed by atoms with van der Waals surface area (Å²) in [7, 11) is 0. The van der Waals surface area contributed by atoms with Crippen molar-refractivity contribution in [3.8, 4) is 11.8 Å².